The zero-order chi connectivity index (χ0) is 21.9. The van der Waals surface area contributed by atoms with Crippen molar-refractivity contribution >= 4 is 27.3 Å². The number of halogens is 1. The second kappa shape index (κ2) is 8.83. The van der Waals surface area contributed by atoms with Gasteiger partial charge in [0.2, 0.25) is 11.8 Å². The van der Waals surface area contributed by atoms with Crippen LogP contribution in [0, 0.1) is 5.82 Å². The molecule has 1 N–H and O–H groups in total. The van der Waals surface area contributed by atoms with E-state index in [1.807, 2.05) is 29.2 Å². The van der Waals surface area contributed by atoms with E-state index >= 15 is 0 Å². The minimum Gasteiger partial charge on any atom is -0.362 e. The van der Waals surface area contributed by atoms with Crippen molar-refractivity contribution in [2.24, 2.45) is 0 Å². The number of carbonyl (C=O) groups is 2. The first-order valence-electron chi connectivity index (χ1n) is 9.48. The maximum atomic E-state index is 14.4. The van der Waals surface area contributed by atoms with Gasteiger partial charge in [-0.05, 0) is 36.2 Å². The average Bonchev–Trinajstić information content (AvgIpc) is 3.10. The van der Waals surface area contributed by atoms with Crippen LogP contribution >= 0.6 is 0 Å². The van der Waals surface area contributed by atoms with E-state index in [2.05, 4.69) is 5.32 Å². The van der Waals surface area contributed by atoms with Crippen LogP contribution in [0.5, 0.6) is 0 Å². The highest BCUT2D eigenvalue weighted by Crippen LogP contribution is 2.27. The number of sulfone groups is 1. The number of benzene rings is 2. The molecule has 30 heavy (non-hydrogen) atoms. The molecule has 2 aromatic carbocycles. The molecule has 1 aliphatic rings. The van der Waals surface area contributed by atoms with Crippen molar-refractivity contribution in [3.05, 3.63) is 59.4 Å². The van der Waals surface area contributed by atoms with Crippen LogP contribution in [0.4, 0.5) is 10.1 Å². The van der Waals surface area contributed by atoms with Gasteiger partial charge in [0, 0.05) is 37.6 Å². The van der Waals surface area contributed by atoms with Gasteiger partial charge in [0.1, 0.15) is 5.82 Å². The lowest BCUT2D eigenvalue weighted by molar-refractivity contribution is -0.135. The third kappa shape index (κ3) is 4.96. The first-order valence-corrected chi connectivity index (χ1v) is 11.4. The molecule has 2 aromatic rings. The monoisotopic (exact) mass is 433 g/mol. The first kappa shape index (κ1) is 21.8. The maximum Gasteiger partial charge on any atom is 0.242 e. The lowest BCUT2D eigenvalue weighted by atomic mass is 10.2. The molecule has 0 atom stereocenters. The second-order valence-corrected chi connectivity index (χ2v) is 9.26. The molecule has 160 valence electrons. The number of hydrogen-bond acceptors (Lipinski definition) is 5. The van der Waals surface area contributed by atoms with Crippen LogP contribution in [-0.2, 0) is 32.4 Å². The molecule has 9 heteroatoms. The fourth-order valence-electron chi connectivity index (χ4n) is 3.43. The molecule has 1 aliphatic heterocycles. The Bertz CT molecular complexity index is 1070. The van der Waals surface area contributed by atoms with Crippen LogP contribution < -0.4 is 10.2 Å². The summed E-state index contributed by atoms with van der Waals surface area (Å²) in [6.45, 7) is 0.252. The van der Waals surface area contributed by atoms with Gasteiger partial charge in [-0.25, -0.2) is 12.8 Å². The highest BCUT2D eigenvalue weighted by atomic mass is 32.2. The molecule has 0 radical (unpaired) electrons. The lowest BCUT2D eigenvalue weighted by Gasteiger charge is -2.26. The van der Waals surface area contributed by atoms with E-state index in [0.29, 0.717) is 6.54 Å². The molecule has 3 rings (SSSR count). The molecule has 0 aliphatic carbocycles. The number of amides is 2. The predicted molar refractivity (Wildman–Crippen MR) is 111 cm³/mol. The number of fused-ring (bicyclic) bond motifs is 1. The van der Waals surface area contributed by atoms with Crippen molar-refractivity contribution in [3.8, 4) is 0 Å². The third-order valence-corrected chi connectivity index (χ3v) is 6.19. The number of hydrogen-bond donors (Lipinski definition) is 1. The summed E-state index contributed by atoms with van der Waals surface area (Å²) < 4.78 is 38.0. The van der Waals surface area contributed by atoms with E-state index in [-0.39, 0.29) is 36.0 Å². The highest BCUT2D eigenvalue weighted by Gasteiger charge is 2.25. The smallest absolute Gasteiger partial charge is 0.242 e. The van der Waals surface area contributed by atoms with Crippen molar-refractivity contribution in [2.75, 3.05) is 37.8 Å². The number of para-hydroxylation sites is 1. The average molecular weight is 434 g/mol. The molecule has 0 aromatic heterocycles. The Morgan fingerprint density at radius 1 is 1.20 bits per heavy atom. The van der Waals surface area contributed by atoms with Gasteiger partial charge >= 0.3 is 0 Å². The fourth-order valence-corrected chi connectivity index (χ4v) is 4.10. The van der Waals surface area contributed by atoms with Crippen molar-refractivity contribution in [2.45, 2.75) is 17.9 Å². The van der Waals surface area contributed by atoms with Gasteiger partial charge in [-0.2, -0.15) is 0 Å². The molecule has 0 saturated heterocycles. The van der Waals surface area contributed by atoms with Crippen molar-refractivity contribution in [1.82, 2.24) is 10.2 Å². The number of nitrogens with one attached hydrogen (secondary N) is 1. The summed E-state index contributed by atoms with van der Waals surface area (Å²) in [6, 6.07) is 11.2. The molecule has 7 nitrogen and oxygen atoms in total. The van der Waals surface area contributed by atoms with E-state index in [1.54, 1.807) is 0 Å². The summed E-state index contributed by atoms with van der Waals surface area (Å²) in [5.41, 5.74) is 2.16. The summed E-state index contributed by atoms with van der Waals surface area (Å²) in [6.07, 6.45) is 1.85. The minimum atomic E-state index is -3.54. The number of anilines is 1. The van der Waals surface area contributed by atoms with Gasteiger partial charge < -0.3 is 15.1 Å². The van der Waals surface area contributed by atoms with Gasteiger partial charge in [-0.1, -0.05) is 18.2 Å². The predicted octanol–water partition coefficient (Wildman–Crippen LogP) is 1.37. The Hall–Kier alpha value is -2.94. The molecule has 0 saturated carbocycles. The van der Waals surface area contributed by atoms with Gasteiger partial charge in [0.25, 0.3) is 0 Å². The van der Waals surface area contributed by atoms with Gasteiger partial charge in [-0.15, -0.1) is 0 Å². The minimum absolute atomic E-state index is 0.0389. The first-order chi connectivity index (χ1) is 14.2. The zero-order valence-electron chi connectivity index (χ0n) is 16.9. The highest BCUT2D eigenvalue weighted by molar-refractivity contribution is 7.90. The van der Waals surface area contributed by atoms with Gasteiger partial charge in [-0.3, -0.25) is 9.59 Å². The van der Waals surface area contributed by atoms with Crippen molar-refractivity contribution < 1.29 is 22.4 Å². The maximum absolute atomic E-state index is 14.4. The van der Waals surface area contributed by atoms with E-state index in [0.717, 1.165) is 30.0 Å². The quantitative estimate of drug-likeness (QED) is 0.667. The Morgan fingerprint density at radius 2 is 1.93 bits per heavy atom. The fraction of sp³-hybridized carbons (Fsp3) is 0.333. The van der Waals surface area contributed by atoms with Crippen LogP contribution in [-0.4, -0.2) is 58.1 Å². The third-order valence-electron chi connectivity index (χ3n) is 5.08. The standard InChI is InChI=1S/C21H24FN3O4S/c1-23-20(26)13-25(12-16-11-17(30(2,28)29)7-8-18(16)22)21(27)14-24-10-9-15-5-3-4-6-19(15)24/h3-8,11H,9-10,12-14H2,1-2H3,(H,23,26). The number of carbonyl (C=O) groups excluding carboxylic acids is 2. The number of rotatable bonds is 7. The number of likely N-dealkylation sites (N-methyl/N-ethyl adjacent to an activating group) is 1. The summed E-state index contributed by atoms with van der Waals surface area (Å²) in [4.78, 5) is 28.1. The van der Waals surface area contributed by atoms with Gasteiger partial charge in [0.05, 0.1) is 18.0 Å². The molecule has 2 amide bonds. The summed E-state index contributed by atoms with van der Waals surface area (Å²) in [5, 5.41) is 2.46. The summed E-state index contributed by atoms with van der Waals surface area (Å²) >= 11 is 0. The van der Waals surface area contributed by atoms with Crippen molar-refractivity contribution in [1.29, 1.82) is 0 Å². The van der Waals surface area contributed by atoms with E-state index in [4.69, 9.17) is 0 Å². The van der Waals surface area contributed by atoms with Gasteiger partial charge in [0.15, 0.2) is 9.84 Å². The molecular weight excluding hydrogens is 409 g/mol. The molecular formula is C21H24FN3O4S. The largest absolute Gasteiger partial charge is 0.362 e. The Morgan fingerprint density at radius 3 is 2.63 bits per heavy atom. The summed E-state index contributed by atoms with van der Waals surface area (Å²) in [5.74, 6) is -1.38. The van der Waals surface area contributed by atoms with Crippen LogP contribution in [0.15, 0.2) is 47.4 Å². The Balaban J connectivity index is 1.83. The SMILES string of the molecule is CNC(=O)CN(Cc1cc(S(C)(=O)=O)ccc1F)C(=O)CN1CCc2ccccc21. The summed E-state index contributed by atoms with van der Waals surface area (Å²) in [7, 11) is -2.08. The molecule has 0 fully saturated rings. The molecule has 0 bridgehead atoms. The van der Waals surface area contributed by atoms with E-state index < -0.39 is 21.6 Å². The molecule has 0 spiro atoms. The molecule has 0 unspecified atom stereocenters. The van der Waals surface area contributed by atoms with Crippen LogP contribution in [0.25, 0.3) is 0 Å². The second-order valence-electron chi connectivity index (χ2n) is 7.25. The van der Waals surface area contributed by atoms with E-state index in [9.17, 15) is 22.4 Å². The van der Waals surface area contributed by atoms with Crippen molar-refractivity contribution in [3.63, 3.8) is 0 Å². The Labute approximate surface area is 175 Å². The van der Waals surface area contributed by atoms with Crippen LogP contribution in [0.1, 0.15) is 11.1 Å². The number of nitrogens with zero attached hydrogens (tertiary/aromatic N) is 2. The Kier molecular flexibility index (Phi) is 6.40. The topological polar surface area (TPSA) is 86.8 Å². The molecule has 1 heterocycles. The van der Waals surface area contributed by atoms with Crippen LogP contribution in [0.2, 0.25) is 0 Å². The van der Waals surface area contributed by atoms with E-state index in [1.165, 1.54) is 24.1 Å². The van der Waals surface area contributed by atoms with Crippen LogP contribution in [0.3, 0.4) is 0 Å². The zero-order valence-corrected chi connectivity index (χ0v) is 17.7. The normalized spacial score (nSPS) is 13.1. The lowest BCUT2D eigenvalue weighted by Crippen LogP contribution is -2.44.